The lowest BCUT2D eigenvalue weighted by atomic mass is 9.81. The third-order valence-corrected chi connectivity index (χ3v) is 7.69. The van der Waals surface area contributed by atoms with Gasteiger partial charge >= 0.3 is 0 Å². The first-order chi connectivity index (χ1) is 14.7. The zero-order valence-corrected chi connectivity index (χ0v) is 19.3. The third-order valence-electron chi connectivity index (χ3n) is 6.26. The van der Waals surface area contributed by atoms with Crippen molar-refractivity contribution in [3.05, 3.63) is 18.2 Å². The molecule has 1 fully saturated rings. The van der Waals surface area contributed by atoms with E-state index in [0.29, 0.717) is 31.1 Å². The monoisotopic (exact) mass is 451 g/mol. The van der Waals surface area contributed by atoms with Gasteiger partial charge in [0.25, 0.3) is 0 Å². The summed E-state index contributed by atoms with van der Waals surface area (Å²) in [5.74, 6) is 0.687. The second-order valence-corrected chi connectivity index (χ2v) is 10.3. The molecule has 1 aliphatic carbocycles. The van der Waals surface area contributed by atoms with E-state index in [2.05, 4.69) is 10.0 Å². The number of hydrogen-bond donors (Lipinski definition) is 2. The molecule has 2 N–H and O–H groups in total. The largest absolute Gasteiger partial charge is 0.490 e. The molecule has 0 bridgehead atoms. The minimum absolute atomic E-state index is 0.0140. The van der Waals surface area contributed by atoms with Gasteiger partial charge in [0, 0.05) is 25.4 Å². The van der Waals surface area contributed by atoms with Gasteiger partial charge in [-0.15, -0.1) is 0 Å². The highest BCUT2D eigenvalue weighted by Crippen LogP contribution is 2.34. The number of rotatable bonds is 7. The van der Waals surface area contributed by atoms with Gasteiger partial charge in [0.05, 0.1) is 17.1 Å². The molecule has 1 heterocycles. The summed E-state index contributed by atoms with van der Waals surface area (Å²) in [5, 5.41) is 3.04. The van der Waals surface area contributed by atoms with Crippen molar-refractivity contribution in [1.82, 2.24) is 10.0 Å². The van der Waals surface area contributed by atoms with Gasteiger partial charge in [-0.2, -0.15) is 0 Å². The van der Waals surface area contributed by atoms with Crippen LogP contribution in [0, 0.1) is 11.8 Å². The Morgan fingerprint density at radius 1 is 1.23 bits per heavy atom. The summed E-state index contributed by atoms with van der Waals surface area (Å²) >= 11 is 0. The third kappa shape index (κ3) is 5.77. The quantitative estimate of drug-likeness (QED) is 0.663. The second-order valence-electron chi connectivity index (χ2n) is 8.54. The van der Waals surface area contributed by atoms with E-state index in [1.54, 1.807) is 6.07 Å². The van der Waals surface area contributed by atoms with Gasteiger partial charge in [-0.05, 0) is 63.1 Å². The maximum absolute atomic E-state index is 12.8. The lowest BCUT2D eigenvalue weighted by Gasteiger charge is -2.29. The Morgan fingerprint density at radius 2 is 1.94 bits per heavy atom. The molecule has 3 rings (SSSR count). The maximum atomic E-state index is 12.8. The lowest BCUT2D eigenvalue weighted by Crippen LogP contribution is -2.39. The molecule has 0 aromatic heterocycles. The van der Waals surface area contributed by atoms with Gasteiger partial charge in [0.1, 0.15) is 12.4 Å². The summed E-state index contributed by atoms with van der Waals surface area (Å²) in [7, 11) is -3.71. The highest BCUT2D eigenvalue weighted by molar-refractivity contribution is 7.89. The number of nitrogens with one attached hydrogen (secondary N) is 2. The van der Waals surface area contributed by atoms with Crippen LogP contribution in [-0.2, 0) is 19.6 Å². The number of anilines is 1. The van der Waals surface area contributed by atoms with E-state index in [4.69, 9.17) is 4.74 Å². The summed E-state index contributed by atoms with van der Waals surface area (Å²) in [6.45, 7) is 6.62. The van der Waals surface area contributed by atoms with Crippen LogP contribution in [0.5, 0.6) is 5.75 Å². The van der Waals surface area contributed by atoms with Crippen LogP contribution in [0.2, 0.25) is 0 Å². The number of fused-ring (bicyclic) bond motifs is 1. The zero-order chi connectivity index (χ0) is 22.6. The van der Waals surface area contributed by atoms with Crippen LogP contribution in [0.3, 0.4) is 0 Å². The van der Waals surface area contributed by atoms with E-state index in [9.17, 15) is 18.0 Å². The summed E-state index contributed by atoms with van der Waals surface area (Å²) in [6, 6.07) is 4.77. The van der Waals surface area contributed by atoms with E-state index < -0.39 is 10.0 Å². The topological polar surface area (TPSA) is 105 Å². The SMILES string of the molecule is CC[C@H](C)NC(=O)C1CCC(CNS(=O)(=O)c2ccc3c(c2)N(C(C)=O)CCO3)CC1. The van der Waals surface area contributed by atoms with Crippen LogP contribution in [0.4, 0.5) is 5.69 Å². The smallest absolute Gasteiger partial charge is 0.240 e. The molecule has 0 unspecified atom stereocenters. The fraction of sp³-hybridized carbons (Fsp3) is 0.636. The predicted octanol–water partition coefficient (Wildman–Crippen LogP) is 2.43. The van der Waals surface area contributed by atoms with Gasteiger partial charge < -0.3 is 15.0 Å². The Labute approximate surface area is 184 Å². The summed E-state index contributed by atoms with van der Waals surface area (Å²) in [4.78, 5) is 25.8. The first-order valence-corrected chi connectivity index (χ1v) is 12.5. The summed E-state index contributed by atoms with van der Waals surface area (Å²) in [5.41, 5.74) is 0.481. The molecular formula is C22H33N3O5S. The first-order valence-electron chi connectivity index (χ1n) is 11.1. The molecule has 1 saturated carbocycles. The predicted molar refractivity (Wildman–Crippen MR) is 118 cm³/mol. The molecule has 0 radical (unpaired) electrons. The first kappa shape index (κ1) is 23.5. The van der Waals surface area contributed by atoms with Gasteiger partial charge in [-0.1, -0.05) is 6.92 Å². The highest BCUT2D eigenvalue weighted by atomic mass is 32.2. The molecule has 1 aromatic carbocycles. The number of nitrogens with zero attached hydrogens (tertiary/aromatic N) is 1. The molecule has 0 spiro atoms. The molecule has 1 aromatic rings. The van der Waals surface area contributed by atoms with Crippen molar-refractivity contribution in [3.63, 3.8) is 0 Å². The Bertz CT molecular complexity index is 910. The molecule has 31 heavy (non-hydrogen) atoms. The normalized spacial score (nSPS) is 22.2. The average molecular weight is 452 g/mol. The number of carbonyl (C=O) groups is 2. The molecule has 2 amide bonds. The Balaban J connectivity index is 1.57. The van der Waals surface area contributed by atoms with Gasteiger partial charge in [-0.3, -0.25) is 9.59 Å². The van der Waals surface area contributed by atoms with Crippen molar-refractivity contribution >= 4 is 27.5 Å². The van der Waals surface area contributed by atoms with E-state index >= 15 is 0 Å². The van der Waals surface area contributed by atoms with Crippen LogP contribution >= 0.6 is 0 Å². The van der Waals surface area contributed by atoms with Crippen LogP contribution in [0.25, 0.3) is 0 Å². The molecule has 8 nitrogen and oxygen atoms in total. The van der Waals surface area contributed by atoms with Crippen molar-refractivity contribution in [1.29, 1.82) is 0 Å². The minimum Gasteiger partial charge on any atom is -0.490 e. The Morgan fingerprint density at radius 3 is 2.58 bits per heavy atom. The standard InChI is InChI=1S/C22H33N3O5S/c1-4-15(2)24-22(27)18-7-5-17(6-8-18)14-23-31(28,29)19-9-10-21-20(13-19)25(16(3)26)11-12-30-21/h9-10,13,15,17-18,23H,4-8,11-12,14H2,1-3H3,(H,24,27)/t15-,17?,18?/m0/s1. The molecule has 1 aliphatic heterocycles. The molecule has 2 aliphatic rings. The van der Waals surface area contributed by atoms with Crippen LogP contribution in [0.15, 0.2) is 23.1 Å². The number of amides is 2. The van der Waals surface area contributed by atoms with Crippen LogP contribution < -0.4 is 19.7 Å². The van der Waals surface area contributed by atoms with Gasteiger partial charge in [0.2, 0.25) is 21.8 Å². The summed E-state index contributed by atoms with van der Waals surface area (Å²) < 4.78 is 33.9. The molecule has 0 saturated heterocycles. The average Bonchev–Trinajstić information content (AvgIpc) is 2.77. The molecular weight excluding hydrogens is 418 g/mol. The van der Waals surface area contributed by atoms with E-state index in [0.717, 1.165) is 32.1 Å². The fourth-order valence-electron chi connectivity index (χ4n) is 4.09. The fourth-order valence-corrected chi connectivity index (χ4v) is 5.23. The lowest BCUT2D eigenvalue weighted by molar-refractivity contribution is -0.126. The van der Waals surface area contributed by atoms with Crippen LogP contribution in [-0.4, -0.2) is 46.0 Å². The molecule has 9 heteroatoms. The van der Waals surface area contributed by atoms with Crippen molar-refractivity contribution in [2.75, 3.05) is 24.6 Å². The minimum atomic E-state index is -3.71. The maximum Gasteiger partial charge on any atom is 0.240 e. The number of carbonyl (C=O) groups excluding carboxylic acids is 2. The highest BCUT2D eigenvalue weighted by Gasteiger charge is 2.29. The van der Waals surface area contributed by atoms with E-state index in [1.165, 1.54) is 24.0 Å². The number of sulfonamides is 1. The molecule has 172 valence electrons. The van der Waals surface area contributed by atoms with Crippen molar-refractivity contribution in [2.24, 2.45) is 11.8 Å². The van der Waals surface area contributed by atoms with Gasteiger partial charge in [0.15, 0.2) is 0 Å². The second kappa shape index (κ2) is 9.99. The van der Waals surface area contributed by atoms with Crippen molar-refractivity contribution < 1.29 is 22.7 Å². The van der Waals surface area contributed by atoms with E-state index in [-0.39, 0.29) is 34.6 Å². The number of hydrogen-bond acceptors (Lipinski definition) is 5. The Kier molecular flexibility index (Phi) is 7.59. The number of ether oxygens (including phenoxy) is 1. The molecule has 1 atom stereocenters. The van der Waals surface area contributed by atoms with E-state index in [1.807, 2.05) is 13.8 Å². The zero-order valence-electron chi connectivity index (χ0n) is 18.5. The Hall–Kier alpha value is -2.13. The number of benzene rings is 1. The van der Waals surface area contributed by atoms with Crippen molar-refractivity contribution in [2.45, 2.75) is 63.8 Å². The van der Waals surface area contributed by atoms with Crippen molar-refractivity contribution in [3.8, 4) is 5.75 Å². The van der Waals surface area contributed by atoms with Crippen LogP contribution in [0.1, 0.15) is 52.9 Å². The van der Waals surface area contributed by atoms with Gasteiger partial charge in [-0.25, -0.2) is 13.1 Å². The summed E-state index contributed by atoms with van der Waals surface area (Å²) in [6.07, 6.45) is 4.09.